The van der Waals surface area contributed by atoms with Gasteiger partial charge in [-0.1, -0.05) is 11.6 Å². The van der Waals surface area contributed by atoms with Crippen LogP contribution >= 0.6 is 11.6 Å². The van der Waals surface area contributed by atoms with Crippen LogP contribution in [0, 0.1) is 11.8 Å². The molecule has 0 spiro atoms. The van der Waals surface area contributed by atoms with E-state index in [0.29, 0.717) is 0 Å². The van der Waals surface area contributed by atoms with Crippen LogP contribution in [-0.2, 0) is 13.0 Å². The Morgan fingerprint density at radius 1 is 1.26 bits per heavy atom. The van der Waals surface area contributed by atoms with E-state index in [1.165, 1.54) is 37.3 Å². The molecule has 0 aliphatic carbocycles. The topological polar surface area (TPSA) is 24.5 Å². The van der Waals surface area contributed by atoms with Gasteiger partial charge in [-0.15, -0.1) is 0 Å². The fraction of sp³-hybridized carbons (Fsp3) is 0.600. The van der Waals surface area contributed by atoms with Crippen molar-refractivity contribution in [1.29, 1.82) is 0 Å². The van der Waals surface area contributed by atoms with Gasteiger partial charge in [0.05, 0.1) is 6.61 Å². The summed E-state index contributed by atoms with van der Waals surface area (Å²) in [6, 6.07) is 4.13. The van der Waals surface area contributed by atoms with E-state index in [4.69, 9.17) is 16.3 Å². The summed E-state index contributed by atoms with van der Waals surface area (Å²) < 4.78 is 5.79. The number of fused-ring (bicyclic) bond motifs is 2. The van der Waals surface area contributed by atoms with Gasteiger partial charge in [0.1, 0.15) is 5.75 Å². The minimum Gasteiger partial charge on any atom is -0.493 e. The molecule has 3 heterocycles. The molecule has 3 aliphatic rings. The summed E-state index contributed by atoms with van der Waals surface area (Å²) in [5.74, 6) is 2.78. The molecule has 1 aromatic rings. The van der Waals surface area contributed by atoms with Gasteiger partial charge >= 0.3 is 0 Å². The molecule has 0 unspecified atom stereocenters. The molecule has 0 amide bonds. The Hall–Kier alpha value is -0.770. The number of likely N-dealkylation sites (tertiary alicyclic amines) is 1. The first-order valence-corrected chi connectivity index (χ1v) is 7.54. The molecule has 2 atom stereocenters. The monoisotopic (exact) mass is 278 g/mol. The zero-order valence-corrected chi connectivity index (χ0v) is 11.7. The molecule has 4 rings (SSSR count). The van der Waals surface area contributed by atoms with Crippen molar-refractivity contribution in [2.45, 2.75) is 13.0 Å². The van der Waals surface area contributed by atoms with Gasteiger partial charge in [-0.2, -0.15) is 0 Å². The summed E-state index contributed by atoms with van der Waals surface area (Å²) in [6.45, 7) is 6.57. The van der Waals surface area contributed by atoms with Crippen LogP contribution in [0.1, 0.15) is 11.1 Å². The first kappa shape index (κ1) is 12.0. The predicted octanol–water partition coefficient (Wildman–Crippen LogP) is 1.93. The van der Waals surface area contributed by atoms with Crippen LogP contribution in [-0.4, -0.2) is 37.7 Å². The zero-order chi connectivity index (χ0) is 12.8. The van der Waals surface area contributed by atoms with Gasteiger partial charge in [-0.25, -0.2) is 0 Å². The predicted molar refractivity (Wildman–Crippen MR) is 75.8 cm³/mol. The first-order chi connectivity index (χ1) is 9.29. The van der Waals surface area contributed by atoms with E-state index < -0.39 is 0 Å². The molecule has 3 aliphatic heterocycles. The molecule has 3 nitrogen and oxygen atoms in total. The van der Waals surface area contributed by atoms with Crippen LogP contribution < -0.4 is 10.1 Å². The maximum Gasteiger partial charge on any atom is 0.127 e. The number of nitrogens with zero attached hydrogens (tertiary/aromatic N) is 1. The standard InChI is InChI=1S/C15H19ClN2O/c16-14-3-10-1-2-19-15(10)11(4-14)7-18-8-12-5-17-6-13(12)9-18/h3-4,12-13,17H,1-2,5-9H2/t12-,13+. The van der Waals surface area contributed by atoms with E-state index in [2.05, 4.69) is 22.3 Å². The molecule has 2 saturated heterocycles. The lowest BCUT2D eigenvalue weighted by atomic mass is 10.0. The quantitative estimate of drug-likeness (QED) is 0.895. The fourth-order valence-electron chi connectivity index (χ4n) is 3.79. The summed E-state index contributed by atoms with van der Waals surface area (Å²) in [7, 11) is 0. The van der Waals surface area contributed by atoms with E-state index in [0.717, 1.165) is 42.2 Å². The van der Waals surface area contributed by atoms with Crippen LogP contribution in [0.5, 0.6) is 5.75 Å². The number of hydrogen-bond donors (Lipinski definition) is 1. The normalized spacial score (nSPS) is 29.3. The lowest BCUT2D eigenvalue weighted by Crippen LogP contribution is -2.25. The summed E-state index contributed by atoms with van der Waals surface area (Å²) in [6.07, 6.45) is 0.998. The van der Waals surface area contributed by atoms with E-state index in [-0.39, 0.29) is 0 Å². The second kappa shape index (κ2) is 4.65. The minimum absolute atomic E-state index is 0.803. The van der Waals surface area contributed by atoms with Gasteiger partial charge in [0.15, 0.2) is 0 Å². The Bertz CT molecular complexity index is 493. The van der Waals surface area contributed by atoms with Gasteiger partial charge in [-0.3, -0.25) is 4.90 Å². The second-order valence-electron chi connectivity index (χ2n) is 6.02. The van der Waals surface area contributed by atoms with E-state index in [9.17, 15) is 0 Å². The molecule has 4 heteroatoms. The van der Waals surface area contributed by atoms with Gasteiger partial charge in [0, 0.05) is 36.6 Å². The molecule has 0 radical (unpaired) electrons. The molecule has 0 aromatic heterocycles. The van der Waals surface area contributed by atoms with Crippen molar-refractivity contribution < 1.29 is 4.74 Å². The van der Waals surface area contributed by atoms with Crippen LogP contribution in [0.25, 0.3) is 0 Å². The van der Waals surface area contributed by atoms with Crippen molar-refractivity contribution in [2.75, 3.05) is 32.8 Å². The number of halogens is 1. The lowest BCUT2D eigenvalue weighted by Gasteiger charge is -2.19. The van der Waals surface area contributed by atoms with E-state index in [1.807, 2.05) is 0 Å². The highest BCUT2D eigenvalue weighted by atomic mass is 35.5. The molecule has 1 aromatic carbocycles. The average molecular weight is 279 g/mol. The van der Waals surface area contributed by atoms with Crippen molar-refractivity contribution >= 4 is 11.6 Å². The fourth-order valence-corrected chi connectivity index (χ4v) is 4.05. The third kappa shape index (κ3) is 2.14. The van der Waals surface area contributed by atoms with Crippen molar-refractivity contribution in [2.24, 2.45) is 11.8 Å². The number of ether oxygens (including phenoxy) is 1. The van der Waals surface area contributed by atoms with Crippen molar-refractivity contribution in [3.63, 3.8) is 0 Å². The summed E-state index contributed by atoms with van der Waals surface area (Å²) in [5.41, 5.74) is 2.55. The van der Waals surface area contributed by atoms with Crippen LogP contribution in [0.2, 0.25) is 5.02 Å². The lowest BCUT2D eigenvalue weighted by molar-refractivity contribution is 0.294. The van der Waals surface area contributed by atoms with Crippen molar-refractivity contribution in [1.82, 2.24) is 10.2 Å². The highest BCUT2D eigenvalue weighted by molar-refractivity contribution is 6.30. The van der Waals surface area contributed by atoms with Crippen LogP contribution in [0.4, 0.5) is 0 Å². The third-order valence-corrected chi connectivity index (χ3v) is 4.90. The number of benzene rings is 1. The average Bonchev–Trinajstić information content (AvgIpc) is 3.02. The van der Waals surface area contributed by atoms with E-state index in [1.54, 1.807) is 0 Å². The largest absolute Gasteiger partial charge is 0.493 e. The Morgan fingerprint density at radius 2 is 2.05 bits per heavy atom. The Morgan fingerprint density at radius 3 is 2.84 bits per heavy atom. The van der Waals surface area contributed by atoms with Gasteiger partial charge in [-0.05, 0) is 42.6 Å². The summed E-state index contributed by atoms with van der Waals surface area (Å²) in [5, 5.41) is 4.33. The van der Waals surface area contributed by atoms with Crippen LogP contribution in [0.3, 0.4) is 0 Å². The Kier molecular flexibility index (Phi) is 2.94. The molecule has 0 saturated carbocycles. The maximum absolute atomic E-state index is 6.23. The molecule has 0 bridgehead atoms. The number of rotatable bonds is 2. The first-order valence-electron chi connectivity index (χ1n) is 7.17. The Balaban J connectivity index is 1.54. The third-order valence-electron chi connectivity index (χ3n) is 4.68. The SMILES string of the molecule is Clc1cc2c(c(CN3C[C@H]4CNC[C@H]4C3)c1)OCC2. The van der Waals surface area contributed by atoms with Gasteiger partial charge < -0.3 is 10.1 Å². The zero-order valence-electron chi connectivity index (χ0n) is 11.0. The molecular weight excluding hydrogens is 260 g/mol. The van der Waals surface area contributed by atoms with Crippen LogP contribution in [0.15, 0.2) is 12.1 Å². The number of hydrogen-bond acceptors (Lipinski definition) is 3. The minimum atomic E-state index is 0.803. The molecule has 1 N–H and O–H groups in total. The van der Waals surface area contributed by atoms with E-state index >= 15 is 0 Å². The summed E-state index contributed by atoms with van der Waals surface area (Å²) in [4.78, 5) is 2.56. The maximum atomic E-state index is 6.23. The summed E-state index contributed by atoms with van der Waals surface area (Å²) >= 11 is 6.23. The van der Waals surface area contributed by atoms with Crippen molar-refractivity contribution in [3.05, 3.63) is 28.3 Å². The number of nitrogens with one attached hydrogen (secondary N) is 1. The molecule has 19 heavy (non-hydrogen) atoms. The molecular formula is C15H19ClN2O. The smallest absolute Gasteiger partial charge is 0.127 e. The van der Waals surface area contributed by atoms with Crippen molar-refractivity contribution in [3.8, 4) is 5.75 Å². The second-order valence-corrected chi connectivity index (χ2v) is 6.46. The molecule has 102 valence electrons. The highest BCUT2D eigenvalue weighted by Crippen LogP contribution is 2.35. The van der Waals surface area contributed by atoms with Gasteiger partial charge in [0.25, 0.3) is 0 Å². The molecule has 2 fully saturated rings. The Labute approximate surface area is 118 Å². The highest BCUT2D eigenvalue weighted by Gasteiger charge is 2.36. The van der Waals surface area contributed by atoms with Gasteiger partial charge in [0.2, 0.25) is 0 Å².